The molecule has 0 heterocycles. The average Bonchev–Trinajstić information content (AvgIpc) is 2.28. The molecule has 3 heteroatoms. The number of rotatable bonds is 10. The van der Waals surface area contributed by atoms with Crippen LogP contribution >= 0.6 is 0 Å². The van der Waals surface area contributed by atoms with E-state index in [4.69, 9.17) is 4.74 Å². The van der Waals surface area contributed by atoms with Gasteiger partial charge < -0.3 is 14.5 Å². The van der Waals surface area contributed by atoms with Crippen LogP contribution in [-0.2, 0) is 4.74 Å². The molecule has 0 aromatic carbocycles. The number of nitrogens with zero attached hydrogens (tertiary/aromatic N) is 2. The fraction of sp³-hybridized carbons (Fsp3) is 0.846. The van der Waals surface area contributed by atoms with Gasteiger partial charge in [-0.15, -0.1) is 0 Å². The lowest BCUT2D eigenvalue weighted by molar-refractivity contribution is 0.111. The molecule has 0 unspecified atom stereocenters. The first-order valence-corrected chi connectivity index (χ1v) is 6.36. The van der Waals surface area contributed by atoms with E-state index >= 15 is 0 Å². The molecule has 0 aromatic rings. The lowest BCUT2D eigenvalue weighted by Gasteiger charge is -2.21. The number of methoxy groups -OCH3 is 1. The smallest absolute Gasteiger partial charge is 0.117 e. The molecular weight excluding hydrogens is 200 g/mol. The van der Waals surface area contributed by atoms with E-state index < -0.39 is 0 Å². The summed E-state index contributed by atoms with van der Waals surface area (Å²) in [5.74, 6) is 0. The van der Waals surface area contributed by atoms with Crippen molar-refractivity contribution in [2.75, 3.05) is 34.0 Å². The predicted octanol–water partition coefficient (Wildman–Crippen LogP) is 2.90. The van der Waals surface area contributed by atoms with E-state index in [1.165, 1.54) is 25.7 Å². The molecule has 0 spiro atoms. The van der Waals surface area contributed by atoms with E-state index in [9.17, 15) is 0 Å². The van der Waals surface area contributed by atoms with E-state index in [-0.39, 0.29) is 0 Å². The second-order valence-electron chi connectivity index (χ2n) is 4.22. The van der Waals surface area contributed by atoms with Crippen LogP contribution in [0.5, 0.6) is 0 Å². The largest absolute Gasteiger partial charge is 0.376 e. The monoisotopic (exact) mass is 228 g/mol. The Morgan fingerprint density at radius 3 is 2.00 bits per heavy atom. The summed E-state index contributed by atoms with van der Waals surface area (Å²) in [7, 11) is 3.74. The van der Waals surface area contributed by atoms with Crippen molar-refractivity contribution in [3.8, 4) is 0 Å². The summed E-state index contributed by atoms with van der Waals surface area (Å²) < 4.78 is 5.05. The number of unbranched alkanes of at least 4 members (excludes halogenated alkanes) is 2. The summed E-state index contributed by atoms with van der Waals surface area (Å²) in [6.07, 6.45) is 9.32. The van der Waals surface area contributed by atoms with Crippen molar-refractivity contribution in [3.05, 3.63) is 12.4 Å². The Kier molecular flexibility index (Phi) is 10.3. The van der Waals surface area contributed by atoms with Crippen molar-refractivity contribution >= 4 is 0 Å². The normalized spacial score (nSPS) is 11.0. The Labute approximate surface area is 101 Å². The summed E-state index contributed by atoms with van der Waals surface area (Å²) in [6, 6.07) is 0. The third-order valence-electron chi connectivity index (χ3n) is 2.46. The molecule has 0 fully saturated rings. The Morgan fingerprint density at radius 1 is 1.00 bits per heavy atom. The molecular formula is C13H28N2O. The minimum Gasteiger partial charge on any atom is -0.376 e. The van der Waals surface area contributed by atoms with Gasteiger partial charge in [-0.25, -0.2) is 0 Å². The van der Waals surface area contributed by atoms with E-state index in [1.807, 2.05) is 11.9 Å². The summed E-state index contributed by atoms with van der Waals surface area (Å²) in [5.41, 5.74) is 0. The van der Waals surface area contributed by atoms with Gasteiger partial charge in [-0.3, -0.25) is 0 Å². The zero-order chi connectivity index (χ0) is 12.2. The summed E-state index contributed by atoms with van der Waals surface area (Å²) in [5, 5.41) is 0. The number of ether oxygens (including phenoxy) is 1. The molecule has 0 radical (unpaired) electrons. The van der Waals surface area contributed by atoms with Crippen molar-refractivity contribution in [1.82, 2.24) is 9.80 Å². The van der Waals surface area contributed by atoms with Gasteiger partial charge in [0.1, 0.15) is 6.73 Å². The maximum absolute atomic E-state index is 5.05. The van der Waals surface area contributed by atoms with Crippen LogP contribution < -0.4 is 0 Å². The van der Waals surface area contributed by atoms with Gasteiger partial charge in [0.2, 0.25) is 0 Å². The molecule has 0 amide bonds. The first kappa shape index (κ1) is 15.3. The van der Waals surface area contributed by atoms with Gasteiger partial charge in [0.15, 0.2) is 0 Å². The first-order valence-electron chi connectivity index (χ1n) is 6.36. The van der Waals surface area contributed by atoms with Gasteiger partial charge in [-0.2, -0.15) is 0 Å². The Balaban J connectivity index is 3.96. The van der Waals surface area contributed by atoms with Crippen molar-refractivity contribution < 1.29 is 4.74 Å². The summed E-state index contributed by atoms with van der Waals surface area (Å²) in [6.45, 7) is 7.44. The second kappa shape index (κ2) is 10.8. The highest BCUT2D eigenvalue weighted by atomic mass is 16.5. The maximum atomic E-state index is 5.05. The molecule has 96 valence electrons. The maximum Gasteiger partial charge on any atom is 0.117 e. The van der Waals surface area contributed by atoms with Gasteiger partial charge >= 0.3 is 0 Å². The van der Waals surface area contributed by atoms with Gasteiger partial charge in [-0.1, -0.05) is 26.7 Å². The zero-order valence-electron chi connectivity index (χ0n) is 11.4. The molecule has 3 nitrogen and oxygen atoms in total. The molecule has 0 aliphatic heterocycles. The van der Waals surface area contributed by atoms with Crippen LogP contribution in [0.25, 0.3) is 0 Å². The highest BCUT2D eigenvalue weighted by molar-refractivity contribution is 4.80. The van der Waals surface area contributed by atoms with Crippen LogP contribution in [-0.4, -0.2) is 43.8 Å². The fourth-order valence-corrected chi connectivity index (χ4v) is 1.44. The standard InChI is InChI=1S/C13H28N2O/c1-5-7-9-15(10-8-6-2)12-11-14(3)13-16-4/h11-12H,5-10,13H2,1-4H3. The van der Waals surface area contributed by atoms with Crippen molar-refractivity contribution in [2.24, 2.45) is 0 Å². The van der Waals surface area contributed by atoms with Crippen molar-refractivity contribution in [3.63, 3.8) is 0 Å². The lowest BCUT2D eigenvalue weighted by Crippen LogP contribution is -2.22. The van der Waals surface area contributed by atoms with E-state index in [1.54, 1.807) is 7.11 Å². The van der Waals surface area contributed by atoms with Crippen LogP contribution in [0, 0.1) is 0 Å². The van der Waals surface area contributed by atoms with Gasteiger partial charge in [0.05, 0.1) is 0 Å². The Hall–Kier alpha value is -0.700. The van der Waals surface area contributed by atoms with Crippen LogP contribution in [0.3, 0.4) is 0 Å². The van der Waals surface area contributed by atoms with Crippen LogP contribution in [0.1, 0.15) is 39.5 Å². The molecule has 0 saturated carbocycles. The minimum atomic E-state index is 0.645. The lowest BCUT2D eigenvalue weighted by atomic mass is 10.3. The zero-order valence-corrected chi connectivity index (χ0v) is 11.4. The molecule has 0 saturated heterocycles. The fourth-order valence-electron chi connectivity index (χ4n) is 1.44. The van der Waals surface area contributed by atoms with Crippen molar-refractivity contribution in [2.45, 2.75) is 39.5 Å². The molecule has 0 aliphatic rings. The first-order chi connectivity index (χ1) is 7.74. The summed E-state index contributed by atoms with van der Waals surface area (Å²) >= 11 is 0. The average molecular weight is 228 g/mol. The molecule has 16 heavy (non-hydrogen) atoms. The predicted molar refractivity (Wildman–Crippen MR) is 70.2 cm³/mol. The second-order valence-corrected chi connectivity index (χ2v) is 4.22. The van der Waals surface area contributed by atoms with Crippen LogP contribution in [0.2, 0.25) is 0 Å². The third-order valence-corrected chi connectivity index (χ3v) is 2.46. The molecule has 0 N–H and O–H groups in total. The van der Waals surface area contributed by atoms with E-state index in [0.717, 1.165) is 13.1 Å². The van der Waals surface area contributed by atoms with E-state index in [2.05, 4.69) is 31.1 Å². The van der Waals surface area contributed by atoms with Gasteiger partial charge in [0.25, 0.3) is 0 Å². The summed E-state index contributed by atoms with van der Waals surface area (Å²) in [4.78, 5) is 4.45. The van der Waals surface area contributed by atoms with E-state index in [0.29, 0.717) is 6.73 Å². The number of hydrogen-bond donors (Lipinski definition) is 0. The molecule has 0 rings (SSSR count). The molecule has 0 aliphatic carbocycles. The van der Waals surface area contributed by atoms with Gasteiger partial charge in [0, 0.05) is 39.6 Å². The third kappa shape index (κ3) is 8.60. The quantitative estimate of drug-likeness (QED) is 0.535. The number of hydrogen-bond acceptors (Lipinski definition) is 3. The molecule has 0 aromatic heterocycles. The minimum absolute atomic E-state index is 0.645. The molecule has 0 bridgehead atoms. The van der Waals surface area contributed by atoms with Crippen molar-refractivity contribution in [1.29, 1.82) is 0 Å². The Bertz CT molecular complexity index is 163. The highest BCUT2D eigenvalue weighted by Crippen LogP contribution is 2.00. The SMILES string of the molecule is CCCCN(C=CN(C)COC)CCCC. The van der Waals surface area contributed by atoms with Crippen LogP contribution in [0.4, 0.5) is 0 Å². The topological polar surface area (TPSA) is 15.7 Å². The highest BCUT2D eigenvalue weighted by Gasteiger charge is 1.98. The van der Waals surface area contributed by atoms with Crippen LogP contribution in [0.15, 0.2) is 12.4 Å². The van der Waals surface area contributed by atoms with Gasteiger partial charge in [-0.05, 0) is 12.8 Å². The molecule has 0 atom stereocenters. The Morgan fingerprint density at radius 2 is 1.56 bits per heavy atom.